The van der Waals surface area contributed by atoms with Crippen molar-refractivity contribution in [2.24, 2.45) is 11.3 Å². The van der Waals surface area contributed by atoms with Crippen molar-refractivity contribution in [1.82, 2.24) is 14.9 Å². The third-order valence-electron chi connectivity index (χ3n) is 6.31. The number of amides is 1. The van der Waals surface area contributed by atoms with E-state index in [1.165, 1.54) is 0 Å². The van der Waals surface area contributed by atoms with Crippen LogP contribution in [0.1, 0.15) is 77.1 Å². The Morgan fingerprint density at radius 3 is 2.50 bits per heavy atom. The van der Waals surface area contributed by atoms with Crippen LogP contribution in [0.4, 0.5) is 0 Å². The van der Waals surface area contributed by atoms with Crippen LogP contribution in [0.3, 0.4) is 0 Å². The highest BCUT2D eigenvalue weighted by Gasteiger charge is 2.47. The molecule has 1 spiro atoms. The second-order valence-electron chi connectivity index (χ2n) is 9.34. The van der Waals surface area contributed by atoms with Crippen molar-refractivity contribution in [3.8, 4) is 0 Å². The normalized spacial score (nSPS) is 21.5. The SMILES string of the molecule is CC[C@H](CO)C(=O)N1CC2(CCC(c3cncc(C(C)(C)C)n3)CC2)C1. The third kappa shape index (κ3) is 3.78. The van der Waals surface area contributed by atoms with Crippen molar-refractivity contribution in [1.29, 1.82) is 0 Å². The van der Waals surface area contributed by atoms with Crippen LogP contribution >= 0.6 is 0 Å². The Hall–Kier alpha value is -1.49. The first kappa shape index (κ1) is 19.3. The predicted octanol–water partition coefficient (Wildman–Crippen LogP) is 3.28. The summed E-state index contributed by atoms with van der Waals surface area (Å²) in [6.07, 6.45) is 9.08. The van der Waals surface area contributed by atoms with Gasteiger partial charge in [-0.15, -0.1) is 0 Å². The Morgan fingerprint density at radius 2 is 1.96 bits per heavy atom. The fourth-order valence-corrected chi connectivity index (χ4v) is 4.34. The number of likely N-dealkylation sites (tertiary alicyclic amines) is 1. The monoisotopic (exact) mass is 359 g/mol. The minimum atomic E-state index is -0.223. The first-order chi connectivity index (χ1) is 12.3. The second kappa shape index (κ2) is 7.26. The van der Waals surface area contributed by atoms with Gasteiger partial charge in [0.2, 0.25) is 5.91 Å². The molecule has 1 aromatic heterocycles. The topological polar surface area (TPSA) is 66.3 Å². The maximum atomic E-state index is 12.4. The van der Waals surface area contributed by atoms with Gasteiger partial charge in [-0.05, 0) is 32.1 Å². The zero-order valence-corrected chi connectivity index (χ0v) is 16.7. The van der Waals surface area contributed by atoms with E-state index in [0.29, 0.717) is 17.8 Å². The molecule has 1 amide bonds. The smallest absolute Gasteiger partial charge is 0.228 e. The summed E-state index contributed by atoms with van der Waals surface area (Å²) in [7, 11) is 0. The molecule has 144 valence electrons. The minimum Gasteiger partial charge on any atom is -0.396 e. The third-order valence-corrected chi connectivity index (χ3v) is 6.31. The van der Waals surface area contributed by atoms with Gasteiger partial charge in [0, 0.05) is 42.2 Å². The van der Waals surface area contributed by atoms with Crippen LogP contribution in [0, 0.1) is 11.3 Å². The van der Waals surface area contributed by atoms with Gasteiger partial charge in [-0.3, -0.25) is 14.8 Å². The molecule has 0 bridgehead atoms. The van der Waals surface area contributed by atoms with Crippen molar-refractivity contribution < 1.29 is 9.90 Å². The summed E-state index contributed by atoms with van der Waals surface area (Å²) >= 11 is 0. The summed E-state index contributed by atoms with van der Waals surface area (Å²) < 4.78 is 0. The molecular formula is C21H33N3O2. The highest BCUT2D eigenvalue weighted by Crippen LogP contribution is 2.48. The minimum absolute atomic E-state index is 0.0241. The molecule has 1 saturated heterocycles. The lowest BCUT2D eigenvalue weighted by atomic mass is 9.65. The van der Waals surface area contributed by atoms with Crippen molar-refractivity contribution >= 4 is 5.91 Å². The molecule has 1 aromatic rings. The molecule has 2 heterocycles. The van der Waals surface area contributed by atoms with Crippen molar-refractivity contribution in [3.05, 3.63) is 23.8 Å². The molecule has 1 N–H and O–H groups in total. The standard InChI is InChI=1S/C21H33N3O2/c1-5-15(12-25)19(26)24-13-21(14-24)8-6-16(7-9-21)17-10-22-11-18(23-17)20(2,3)4/h10-11,15-16,25H,5-9,12-14H2,1-4H3/t15-/m1/s1. The van der Waals surface area contributed by atoms with Crippen LogP contribution < -0.4 is 0 Å². The molecule has 1 aliphatic carbocycles. The van der Waals surface area contributed by atoms with E-state index >= 15 is 0 Å². The molecule has 2 fully saturated rings. The second-order valence-corrected chi connectivity index (χ2v) is 9.34. The number of nitrogens with zero attached hydrogens (tertiary/aromatic N) is 3. The molecule has 3 rings (SSSR count). The summed E-state index contributed by atoms with van der Waals surface area (Å²) in [6, 6.07) is 0. The quantitative estimate of drug-likeness (QED) is 0.896. The molecule has 5 heteroatoms. The Balaban J connectivity index is 1.57. The highest BCUT2D eigenvalue weighted by atomic mass is 16.3. The molecule has 0 radical (unpaired) electrons. The highest BCUT2D eigenvalue weighted by molar-refractivity contribution is 5.80. The van der Waals surface area contributed by atoms with Crippen molar-refractivity contribution in [2.75, 3.05) is 19.7 Å². The summed E-state index contributed by atoms with van der Waals surface area (Å²) in [5.41, 5.74) is 2.52. The zero-order valence-electron chi connectivity index (χ0n) is 16.7. The molecule has 0 unspecified atom stereocenters. The summed E-state index contributed by atoms with van der Waals surface area (Å²) in [5, 5.41) is 9.35. The summed E-state index contributed by atoms with van der Waals surface area (Å²) in [5.74, 6) is 0.395. The van der Waals surface area contributed by atoms with Gasteiger partial charge in [-0.25, -0.2) is 0 Å². The van der Waals surface area contributed by atoms with Crippen LogP contribution in [0.5, 0.6) is 0 Å². The number of aliphatic hydroxyl groups is 1. The molecule has 1 saturated carbocycles. The summed E-state index contributed by atoms with van der Waals surface area (Å²) in [6.45, 7) is 10.2. The molecule has 2 aliphatic rings. The van der Waals surface area contributed by atoms with E-state index in [-0.39, 0.29) is 23.8 Å². The zero-order chi connectivity index (χ0) is 18.9. The van der Waals surface area contributed by atoms with E-state index in [1.807, 2.05) is 24.2 Å². The first-order valence-electron chi connectivity index (χ1n) is 10.00. The lowest BCUT2D eigenvalue weighted by Gasteiger charge is -2.54. The predicted molar refractivity (Wildman–Crippen MR) is 102 cm³/mol. The van der Waals surface area contributed by atoms with Gasteiger partial charge >= 0.3 is 0 Å². The average Bonchev–Trinajstić information content (AvgIpc) is 2.60. The fraction of sp³-hybridized carbons (Fsp3) is 0.762. The van der Waals surface area contributed by atoms with Gasteiger partial charge in [0.1, 0.15) is 0 Å². The van der Waals surface area contributed by atoms with E-state index in [1.54, 1.807) is 0 Å². The molecule has 1 aliphatic heterocycles. The number of rotatable bonds is 4. The maximum Gasteiger partial charge on any atom is 0.228 e. The number of carbonyl (C=O) groups excluding carboxylic acids is 1. The van der Waals surface area contributed by atoms with E-state index in [4.69, 9.17) is 4.98 Å². The lowest BCUT2D eigenvalue weighted by molar-refractivity contribution is -0.151. The molecule has 0 aromatic carbocycles. The number of aromatic nitrogens is 2. The Kier molecular flexibility index (Phi) is 5.38. The van der Waals surface area contributed by atoms with Crippen LogP contribution in [-0.2, 0) is 10.2 Å². The molecule has 1 atom stereocenters. The van der Waals surface area contributed by atoms with Crippen molar-refractivity contribution in [2.45, 2.75) is 71.1 Å². The average molecular weight is 360 g/mol. The van der Waals surface area contributed by atoms with E-state index in [0.717, 1.165) is 50.2 Å². The van der Waals surface area contributed by atoms with Gasteiger partial charge in [0.25, 0.3) is 0 Å². The van der Waals surface area contributed by atoms with Crippen LogP contribution in [0.15, 0.2) is 12.4 Å². The van der Waals surface area contributed by atoms with Gasteiger partial charge in [0.15, 0.2) is 0 Å². The van der Waals surface area contributed by atoms with Gasteiger partial charge in [0.05, 0.1) is 23.9 Å². The largest absolute Gasteiger partial charge is 0.396 e. The van der Waals surface area contributed by atoms with Gasteiger partial charge in [-0.2, -0.15) is 0 Å². The van der Waals surface area contributed by atoms with E-state index < -0.39 is 0 Å². The van der Waals surface area contributed by atoms with E-state index in [2.05, 4.69) is 25.8 Å². The molecule has 26 heavy (non-hydrogen) atoms. The van der Waals surface area contributed by atoms with E-state index in [9.17, 15) is 9.90 Å². The van der Waals surface area contributed by atoms with Gasteiger partial charge < -0.3 is 10.0 Å². The van der Waals surface area contributed by atoms with Crippen LogP contribution in [0.2, 0.25) is 0 Å². The Labute approximate surface area is 157 Å². The first-order valence-corrected chi connectivity index (χ1v) is 10.00. The number of aliphatic hydroxyl groups excluding tert-OH is 1. The number of hydrogen-bond acceptors (Lipinski definition) is 4. The number of carbonyl (C=O) groups is 1. The summed E-state index contributed by atoms with van der Waals surface area (Å²) in [4.78, 5) is 23.7. The van der Waals surface area contributed by atoms with Gasteiger partial charge in [-0.1, -0.05) is 27.7 Å². The Morgan fingerprint density at radius 1 is 1.31 bits per heavy atom. The number of hydrogen-bond donors (Lipinski definition) is 1. The maximum absolute atomic E-state index is 12.4. The molecule has 5 nitrogen and oxygen atoms in total. The lowest BCUT2D eigenvalue weighted by Crippen LogP contribution is -2.60. The van der Waals surface area contributed by atoms with Crippen molar-refractivity contribution in [3.63, 3.8) is 0 Å². The van der Waals surface area contributed by atoms with Crippen LogP contribution in [0.25, 0.3) is 0 Å². The fourth-order valence-electron chi connectivity index (χ4n) is 4.34. The van der Waals surface area contributed by atoms with Crippen LogP contribution in [-0.4, -0.2) is 45.6 Å². The molecular weight excluding hydrogens is 326 g/mol. The Bertz CT molecular complexity index is 633.